The highest BCUT2D eigenvalue weighted by Gasteiger charge is 2.40. The van der Waals surface area contributed by atoms with Gasteiger partial charge in [-0.2, -0.15) is 13.2 Å². The summed E-state index contributed by atoms with van der Waals surface area (Å²) in [4.78, 5) is 60.7. The van der Waals surface area contributed by atoms with Crippen LogP contribution in [0.1, 0.15) is 45.1 Å². The molecular formula is C26H38F3N5O8. The maximum atomic E-state index is 13.3. The lowest BCUT2D eigenvalue weighted by atomic mass is 9.95. The van der Waals surface area contributed by atoms with Gasteiger partial charge in [0.25, 0.3) is 0 Å². The van der Waals surface area contributed by atoms with E-state index in [1.165, 1.54) is 4.90 Å². The Labute approximate surface area is 240 Å². The first-order valence-corrected chi connectivity index (χ1v) is 13.2. The van der Waals surface area contributed by atoms with Gasteiger partial charge in [-0.25, -0.2) is 19.2 Å². The fraction of sp³-hybridized carbons (Fsp3) is 0.577. The summed E-state index contributed by atoms with van der Waals surface area (Å²) in [7, 11) is 0. The van der Waals surface area contributed by atoms with Crippen molar-refractivity contribution in [2.75, 3.05) is 19.6 Å². The van der Waals surface area contributed by atoms with E-state index in [1.54, 1.807) is 18.7 Å². The van der Waals surface area contributed by atoms with Gasteiger partial charge in [0.15, 0.2) is 0 Å². The minimum atomic E-state index is -5.08. The number of carbonyl (C=O) groups is 5. The molecule has 236 valence electrons. The second-order valence-corrected chi connectivity index (χ2v) is 9.86. The van der Waals surface area contributed by atoms with Gasteiger partial charge >= 0.3 is 30.2 Å². The number of nitrogens with one attached hydrogen (secondary N) is 1. The number of halogens is 3. The van der Waals surface area contributed by atoms with E-state index in [4.69, 9.17) is 26.1 Å². The van der Waals surface area contributed by atoms with Crippen LogP contribution in [0.25, 0.3) is 0 Å². The molecule has 1 heterocycles. The Morgan fingerprint density at radius 1 is 1.10 bits per heavy atom. The molecule has 42 heavy (non-hydrogen) atoms. The van der Waals surface area contributed by atoms with Gasteiger partial charge in [-0.15, -0.1) is 0 Å². The molecule has 16 heteroatoms. The van der Waals surface area contributed by atoms with Crippen molar-refractivity contribution in [1.82, 2.24) is 15.1 Å². The zero-order chi connectivity index (χ0) is 32.0. The maximum Gasteiger partial charge on any atom is 0.490 e. The fourth-order valence-corrected chi connectivity index (χ4v) is 4.07. The van der Waals surface area contributed by atoms with Crippen molar-refractivity contribution < 1.29 is 52.1 Å². The molecule has 1 aromatic rings. The van der Waals surface area contributed by atoms with Crippen LogP contribution in [0.2, 0.25) is 0 Å². The van der Waals surface area contributed by atoms with E-state index >= 15 is 0 Å². The standard InChI is InChI=1S/C24H37N5O6.C2HF3O2/c1-16(2)20(25)21(30)29(19(22(31)32)9-6-12-27-23(26)33)18-10-13-28(14-11-18)24(34)35-15-17-7-4-3-5-8-17;3-2(4,5)1(6)7/h3-5,7-8,16,18-20H,6,9-15,25H2,1-2H3,(H,31,32)(H3,26,27,33);(H,6,7)/t19-,20-;/m0./s1. The topological polar surface area (TPSA) is 206 Å². The molecule has 0 aromatic heterocycles. The molecule has 1 aliphatic heterocycles. The fourth-order valence-electron chi connectivity index (χ4n) is 4.07. The predicted molar refractivity (Wildman–Crippen MR) is 143 cm³/mol. The summed E-state index contributed by atoms with van der Waals surface area (Å²) >= 11 is 0. The first-order valence-electron chi connectivity index (χ1n) is 13.2. The number of ether oxygens (including phenoxy) is 1. The monoisotopic (exact) mass is 605 g/mol. The van der Waals surface area contributed by atoms with Crippen molar-refractivity contribution >= 4 is 30.0 Å². The molecule has 4 amide bonds. The number of carboxylic acids is 2. The molecule has 1 aromatic carbocycles. The maximum absolute atomic E-state index is 13.3. The highest BCUT2D eigenvalue weighted by Crippen LogP contribution is 2.24. The highest BCUT2D eigenvalue weighted by atomic mass is 19.4. The Balaban J connectivity index is 0.00000112. The zero-order valence-corrected chi connectivity index (χ0v) is 23.4. The average molecular weight is 606 g/mol. The number of alkyl halides is 3. The molecule has 0 aliphatic carbocycles. The quantitative estimate of drug-likeness (QED) is 0.234. The normalized spacial score (nSPS) is 15.1. The van der Waals surface area contributed by atoms with E-state index < -0.39 is 54.3 Å². The summed E-state index contributed by atoms with van der Waals surface area (Å²) in [6.45, 7) is 4.62. The number of hydrogen-bond donors (Lipinski definition) is 5. The third-order valence-corrected chi connectivity index (χ3v) is 6.40. The first-order chi connectivity index (χ1) is 19.6. The number of carboxylic acid groups (broad SMARTS) is 2. The molecule has 7 N–H and O–H groups in total. The smallest absolute Gasteiger partial charge is 0.480 e. The number of amides is 4. The van der Waals surface area contributed by atoms with Crippen LogP contribution < -0.4 is 16.8 Å². The van der Waals surface area contributed by atoms with Gasteiger partial charge in [0.05, 0.1) is 6.04 Å². The van der Waals surface area contributed by atoms with Crippen molar-refractivity contribution in [2.45, 2.75) is 70.4 Å². The van der Waals surface area contributed by atoms with E-state index in [0.29, 0.717) is 32.4 Å². The summed E-state index contributed by atoms with van der Waals surface area (Å²) in [5, 5.41) is 19.5. The van der Waals surface area contributed by atoms with Crippen LogP contribution >= 0.6 is 0 Å². The van der Waals surface area contributed by atoms with Crippen molar-refractivity contribution in [1.29, 1.82) is 0 Å². The molecule has 13 nitrogen and oxygen atoms in total. The first kappa shape index (κ1) is 35.9. The molecule has 1 fully saturated rings. The van der Waals surface area contributed by atoms with Gasteiger partial charge in [-0.1, -0.05) is 44.2 Å². The lowest BCUT2D eigenvalue weighted by molar-refractivity contribution is -0.192. The number of rotatable bonds is 11. The third kappa shape index (κ3) is 12.2. The number of urea groups is 1. The third-order valence-electron chi connectivity index (χ3n) is 6.40. The number of carbonyl (C=O) groups excluding carboxylic acids is 3. The van der Waals surface area contributed by atoms with Gasteiger partial charge in [0, 0.05) is 25.7 Å². The molecule has 2 atom stereocenters. The second kappa shape index (κ2) is 17.0. The van der Waals surface area contributed by atoms with Crippen LogP contribution in [0.3, 0.4) is 0 Å². The molecule has 0 unspecified atom stereocenters. The summed E-state index contributed by atoms with van der Waals surface area (Å²) in [5.74, 6) is -4.50. The lowest BCUT2D eigenvalue weighted by Crippen LogP contribution is -2.59. The molecular weight excluding hydrogens is 567 g/mol. The number of nitrogens with two attached hydrogens (primary N) is 2. The molecule has 1 aliphatic rings. The van der Waals surface area contributed by atoms with Crippen molar-refractivity contribution in [3.05, 3.63) is 35.9 Å². The molecule has 1 saturated heterocycles. The number of hydrogen-bond acceptors (Lipinski definition) is 7. The van der Waals surface area contributed by atoms with E-state index in [9.17, 15) is 37.5 Å². The molecule has 0 saturated carbocycles. The van der Waals surface area contributed by atoms with Gasteiger partial charge in [0.2, 0.25) is 5.91 Å². The summed E-state index contributed by atoms with van der Waals surface area (Å²) in [6.07, 6.45) is -4.27. The van der Waals surface area contributed by atoms with E-state index in [-0.39, 0.29) is 25.5 Å². The molecule has 0 bridgehead atoms. The van der Waals surface area contributed by atoms with E-state index in [1.807, 2.05) is 30.3 Å². The van der Waals surface area contributed by atoms with Crippen LogP contribution in [-0.2, 0) is 25.7 Å². The van der Waals surface area contributed by atoms with Gasteiger partial charge in [-0.3, -0.25) is 4.79 Å². The summed E-state index contributed by atoms with van der Waals surface area (Å²) in [6, 6.07) is 6.30. The number of likely N-dealkylation sites (tertiary alicyclic amines) is 1. The van der Waals surface area contributed by atoms with E-state index in [0.717, 1.165) is 5.56 Å². The molecule has 0 spiro atoms. The summed E-state index contributed by atoms with van der Waals surface area (Å²) in [5.41, 5.74) is 12.1. The molecule has 2 rings (SSSR count). The van der Waals surface area contributed by atoms with Gasteiger partial charge in [-0.05, 0) is 37.2 Å². The zero-order valence-electron chi connectivity index (χ0n) is 23.4. The number of piperidine rings is 1. The van der Waals surface area contributed by atoms with Crippen LogP contribution in [0.5, 0.6) is 0 Å². The Morgan fingerprint density at radius 2 is 1.64 bits per heavy atom. The highest BCUT2D eigenvalue weighted by molar-refractivity contribution is 5.87. The van der Waals surface area contributed by atoms with Crippen LogP contribution in [0.15, 0.2) is 30.3 Å². The SMILES string of the molecule is CC(C)[C@H](N)C(=O)N(C1CCN(C(=O)OCc2ccccc2)CC1)[C@@H](CCCNC(N)=O)C(=O)O.O=C(O)C(F)(F)F. The minimum Gasteiger partial charge on any atom is -0.480 e. The van der Waals surface area contributed by atoms with Crippen LogP contribution in [0, 0.1) is 5.92 Å². The number of benzene rings is 1. The second-order valence-electron chi connectivity index (χ2n) is 9.86. The Morgan fingerprint density at radius 3 is 2.10 bits per heavy atom. The van der Waals surface area contributed by atoms with Crippen LogP contribution in [-0.4, -0.2) is 93.9 Å². The molecule has 0 radical (unpaired) electrons. The van der Waals surface area contributed by atoms with Crippen molar-refractivity contribution in [3.8, 4) is 0 Å². The number of aliphatic carboxylic acids is 2. The largest absolute Gasteiger partial charge is 0.490 e. The van der Waals surface area contributed by atoms with Gasteiger partial charge in [0.1, 0.15) is 12.6 Å². The van der Waals surface area contributed by atoms with Gasteiger partial charge < -0.3 is 41.5 Å². The average Bonchev–Trinajstić information content (AvgIpc) is 2.92. The van der Waals surface area contributed by atoms with Crippen LogP contribution in [0.4, 0.5) is 22.8 Å². The minimum absolute atomic E-state index is 0.130. The summed E-state index contributed by atoms with van der Waals surface area (Å²) < 4.78 is 37.1. The Bertz CT molecular complexity index is 1050. The Kier molecular flexibility index (Phi) is 14.6. The van der Waals surface area contributed by atoms with Crippen molar-refractivity contribution in [2.24, 2.45) is 17.4 Å². The Hall–Kier alpha value is -4.08. The van der Waals surface area contributed by atoms with E-state index in [2.05, 4.69) is 5.32 Å². The van der Waals surface area contributed by atoms with Crippen molar-refractivity contribution in [3.63, 3.8) is 0 Å². The lowest BCUT2D eigenvalue weighted by Gasteiger charge is -2.42. The predicted octanol–water partition coefficient (Wildman–Crippen LogP) is 2.13. The number of primary amides is 1. The number of nitrogens with zero attached hydrogens (tertiary/aromatic N) is 2.